The lowest BCUT2D eigenvalue weighted by Gasteiger charge is -2.26. The summed E-state index contributed by atoms with van der Waals surface area (Å²) >= 11 is 0. The first-order valence-corrected chi connectivity index (χ1v) is 9.63. The number of benzene rings is 2. The molecule has 0 fully saturated rings. The first kappa shape index (κ1) is 21.4. The molecule has 0 bridgehead atoms. The molecular formula is C24H28O4. The maximum atomic E-state index is 12.5. The van der Waals surface area contributed by atoms with Crippen molar-refractivity contribution >= 4 is 11.9 Å². The highest BCUT2D eigenvalue weighted by atomic mass is 16.6. The molecule has 0 aliphatic rings. The van der Waals surface area contributed by atoms with Gasteiger partial charge in [-0.2, -0.15) is 0 Å². The van der Waals surface area contributed by atoms with Crippen LogP contribution >= 0.6 is 0 Å². The van der Waals surface area contributed by atoms with Gasteiger partial charge in [0.05, 0.1) is 17.7 Å². The highest BCUT2D eigenvalue weighted by molar-refractivity contribution is 5.89. The van der Waals surface area contributed by atoms with Crippen molar-refractivity contribution in [2.75, 3.05) is 6.61 Å². The third kappa shape index (κ3) is 6.69. The summed E-state index contributed by atoms with van der Waals surface area (Å²) < 4.78 is 11.3. The van der Waals surface area contributed by atoms with E-state index in [4.69, 9.17) is 9.47 Å². The number of hydrogen-bond donors (Lipinski definition) is 0. The Morgan fingerprint density at radius 2 is 1.46 bits per heavy atom. The van der Waals surface area contributed by atoms with Crippen molar-refractivity contribution < 1.29 is 19.1 Å². The van der Waals surface area contributed by atoms with Crippen LogP contribution in [0.3, 0.4) is 0 Å². The summed E-state index contributed by atoms with van der Waals surface area (Å²) in [5.74, 6) is -0.813. The van der Waals surface area contributed by atoms with Crippen LogP contribution in [-0.4, -0.2) is 24.6 Å². The van der Waals surface area contributed by atoms with Gasteiger partial charge >= 0.3 is 11.9 Å². The molecule has 0 heterocycles. The molecule has 0 aliphatic heterocycles. The van der Waals surface area contributed by atoms with Gasteiger partial charge in [0, 0.05) is 5.92 Å². The molecule has 0 aromatic heterocycles. The molecule has 4 nitrogen and oxygen atoms in total. The van der Waals surface area contributed by atoms with E-state index in [2.05, 4.69) is 6.58 Å². The number of carbonyl (C=O) groups is 2. The SMILES string of the molecule is C=C(C)CC[C@@H](OC(=O)c1ccccc1)[C@@H](CC)COC(=O)c1ccccc1. The van der Waals surface area contributed by atoms with E-state index in [0.29, 0.717) is 17.5 Å². The van der Waals surface area contributed by atoms with Gasteiger partial charge < -0.3 is 9.47 Å². The smallest absolute Gasteiger partial charge is 0.338 e. The quantitative estimate of drug-likeness (QED) is 0.406. The van der Waals surface area contributed by atoms with Crippen LogP contribution in [0.15, 0.2) is 72.8 Å². The maximum absolute atomic E-state index is 12.5. The molecular weight excluding hydrogens is 352 g/mol. The second-order valence-electron chi connectivity index (χ2n) is 6.94. The van der Waals surface area contributed by atoms with Crippen molar-refractivity contribution in [1.29, 1.82) is 0 Å². The molecule has 0 unspecified atom stereocenters. The van der Waals surface area contributed by atoms with E-state index >= 15 is 0 Å². The van der Waals surface area contributed by atoms with E-state index in [1.54, 1.807) is 48.5 Å². The standard InChI is InChI=1S/C24H28O4/c1-4-19(17-27-23(25)20-11-7-5-8-12-20)22(16-15-18(2)3)28-24(26)21-13-9-6-10-14-21/h5-14,19,22H,2,4,15-17H2,1,3H3/t19-,22+/m0/s1. The fourth-order valence-corrected chi connectivity index (χ4v) is 2.89. The van der Waals surface area contributed by atoms with Crippen molar-refractivity contribution in [2.24, 2.45) is 5.92 Å². The Morgan fingerprint density at radius 1 is 0.929 bits per heavy atom. The highest BCUT2D eigenvalue weighted by Crippen LogP contribution is 2.22. The van der Waals surface area contributed by atoms with Crippen molar-refractivity contribution in [1.82, 2.24) is 0 Å². The number of hydrogen-bond acceptors (Lipinski definition) is 4. The summed E-state index contributed by atoms with van der Waals surface area (Å²) in [4.78, 5) is 24.8. The molecule has 4 heteroatoms. The van der Waals surface area contributed by atoms with E-state index in [1.165, 1.54) is 0 Å². The van der Waals surface area contributed by atoms with Crippen LogP contribution in [0, 0.1) is 5.92 Å². The Kier molecular flexibility index (Phi) is 8.47. The second-order valence-corrected chi connectivity index (χ2v) is 6.94. The molecule has 0 spiro atoms. The van der Waals surface area contributed by atoms with Crippen LogP contribution < -0.4 is 0 Å². The van der Waals surface area contributed by atoms with Gasteiger partial charge in [0.25, 0.3) is 0 Å². The third-order valence-corrected chi connectivity index (χ3v) is 4.61. The molecule has 0 aliphatic carbocycles. The van der Waals surface area contributed by atoms with Crippen LogP contribution in [0.25, 0.3) is 0 Å². The molecule has 0 saturated heterocycles. The molecule has 0 amide bonds. The maximum Gasteiger partial charge on any atom is 0.338 e. The van der Waals surface area contributed by atoms with Crippen LogP contribution in [0.2, 0.25) is 0 Å². The Bertz CT molecular complexity index is 768. The molecule has 0 radical (unpaired) electrons. The average molecular weight is 380 g/mol. The summed E-state index contributed by atoms with van der Waals surface area (Å²) in [7, 11) is 0. The molecule has 148 valence electrons. The molecule has 2 aromatic carbocycles. The Morgan fingerprint density at radius 3 is 1.96 bits per heavy atom. The van der Waals surface area contributed by atoms with Gasteiger partial charge in [0.15, 0.2) is 0 Å². The fraction of sp³-hybridized carbons (Fsp3) is 0.333. The van der Waals surface area contributed by atoms with Crippen molar-refractivity contribution in [2.45, 2.75) is 39.2 Å². The summed E-state index contributed by atoms with van der Waals surface area (Å²) in [5, 5.41) is 0. The number of carbonyl (C=O) groups excluding carboxylic acids is 2. The van der Waals surface area contributed by atoms with E-state index in [0.717, 1.165) is 18.4 Å². The predicted octanol–water partition coefficient (Wildman–Crippen LogP) is 5.45. The Hall–Kier alpha value is -2.88. The number of ether oxygens (including phenoxy) is 2. The van der Waals surface area contributed by atoms with Gasteiger partial charge in [-0.05, 0) is 50.5 Å². The Balaban J connectivity index is 2.04. The Labute approximate surface area is 167 Å². The lowest BCUT2D eigenvalue weighted by molar-refractivity contribution is -0.00755. The molecule has 0 N–H and O–H groups in total. The normalized spacial score (nSPS) is 12.6. The topological polar surface area (TPSA) is 52.6 Å². The zero-order valence-corrected chi connectivity index (χ0v) is 16.6. The zero-order chi connectivity index (χ0) is 20.4. The van der Waals surface area contributed by atoms with E-state index in [9.17, 15) is 9.59 Å². The highest BCUT2D eigenvalue weighted by Gasteiger charge is 2.26. The van der Waals surface area contributed by atoms with Gasteiger partial charge in [0.1, 0.15) is 6.10 Å². The average Bonchev–Trinajstić information content (AvgIpc) is 2.73. The molecule has 2 aromatic rings. The van der Waals surface area contributed by atoms with Crippen molar-refractivity contribution in [3.05, 3.63) is 83.9 Å². The minimum Gasteiger partial charge on any atom is -0.462 e. The van der Waals surface area contributed by atoms with Crippen LogP contribution in [-0.2, 0) is 9.47 Å². The van der Waals surface area contributed by atoms with Crippen molar-refractivity contribution in [3.63, 3.8) is 0 Å². The first-order chi connectivity index (χ1) is 13.5. The van der Waals surface area contributed by atoms with Crippen LogP contribution in [0.4, 0.5) is 0 Å². The van der Waals surface area contributed by atoms with Gasteiger partial charge in [-0.25, -0.2) is 9.59 Å². The van der Waals surface area contributed by atoms with Crippen LogP contribution in [0.5, 0.6) is 0 Å². The summed E-state index contributed by atoms with van der Waals surface area (Å²) in [6, 6.07) is 17.8. The summed E-state index contributed by atoms with van der Waals surface area (Å²) in [6.45, 7) is 8.10. The first-order valence-electron chi connectivity index (χ1n) is 9.63. The lowest BCUT2D eigenvalue weighted by Crippen LogP contribution is -2.31. The van der Waals surface area contributed by atoms with E-state index < -0.39 is 0 Å². The van der Waals surface area contributed by atoms with Crippen molar-refractivity contribution in [3.8, 4) is 0 Å². The minimum atomic E-state index is -0.368. The van der Waals surface area contributed by atoms with E-state index in [-0.39, 0.29) is 30.6 Å². The lowest BCUT2D eigenvalue weighted by atomic mass is 9.95. The van der Waals surface area contributed by atoms with Gasteiger partial charge in [-0.15, -0.1) is 6.58 Å². The minimum absolute atomic E-state index is 0.0836. The zero-order valence-electron chi connectivity index (χ0n) is 16.6. The number of allylic oxidation sites excluding steroid dienone is 1. The largest absolute Gasteiger partial charge is 0.462 e. The second kappa shape index (κ2) is 11.1. The molecule has 0 saturated carbocycles. The molecule has 28 heavy (non-hydrogen) atoms. The van der Waals surface area contributed by atoms with Crippen LogP contribution in [0.1, 0.15) is 53.8 Å². The summed E-state index contributed by atoms with van der Waals surface area (Å²) in [6.07, 6.45) is 1.77. The monoisotopic (exact) mass is 380 g/mol. The van der Waals surface area contributed by atoms with Gasteiger partial charge in [-0.1, -0.05) is 48.9 Å². The summed E-state index contributed by atoms with van der Waals surface area (Å²) in [5.41, 5.74) is 2.05. The van der Waals surface area contributed by atoms with Gasteiger partial charge in [0.2, 0.25) is 0 Å². The predicted molar refractivity (Wildman–Crippen MR) is 110 cm³/mol. The molecule has 2 rings (SSSR count). The number of rotatable bonds is 10. The van der Waals surface area contributed by atoms with Gasteiger partial charge in [-0.3, -0.25) is 0 Å². The number of esters is 2. The molecule has 2 atom stereocenters. The fourth-order valence-electron chi connectivity index (χ4n) is 2.89. The van der Waals surface area contributed by atoms with E-state index in [1.807, 2.05) is 26.0 Å². The third-order valence-electron chi connectivity index (χ3n) is 4.61.